The lowest BCUT2D eigenvalue weighted by atomic mass is 10.2. The Balaban J connectivity index is 3.37. The van der Waals surface area contributed by atoms with Crippen LogP contribution in [0.25, 0.3) is 0 Å². The van der Waals surface area contributed by atoms with Gasteiger partial charge in [0.2, 0.25) is 0 Å². The first-order valence-electron chi connectivity index (χ1n) is 3.55. The van der Waals surface area contributed by atoms with Gasteiger partial charge < -0.3 is 9.94 Å². The number of carbonyl (C=O) groups is 1. The van der Waals surface area contributed by atoms with E-state index in [1.54, 1.807) is 0 Å². The maximum absolute atomic E-state index is 10.0. The van der Waals surface area contributed by atoms with Crippen LogP contribution in [0.15, 0.2) is 0 Å². The van der Waals surface area contributed by atoms with Gasteiger partial charge in [-0.15, -0.1) is 10.1 Å². The van der Waals surface area contributed by atoms with Crippen molar-refractivity contribution in [3.63, 3.8) is 0 Å². The summed E-state index contributed by atoms with van der Waals surface area (Å²) in [5.74, 6) is -0.900. The molecule has 0 radical (unpaired) electrons. The van der Waals surface area contributed by atoms with Crippen LogP contribution >= 0.6 is 0 Å². The lowest BCUT2D eigenvalue weighted by molar-refractivity contribution is -0.767. The molecule has 0 saturated carbocycles. The van der Waals surface area contributed by atoms with Crippen LogP contribution in [0.3, 0.4) is 0 Å². The Labute approximate surface area is 69.2 Å². The highest BCUT2D eigenvalue weighted by Crippen LogP contribution is 2.03. The standard InChI is InChI=1S/C6H11NO5/c1-5(12-7(10)11)3-2-4-6(8)9/h5H,2-4H2,1H3,(H,8,9)/t5-/m0/s1. The normalized spacial score (nSPS) is 12.1. The zero-order valence-electron chi connectivity index (χ0n) is 6.73. The minimum atomic E-state index is -0.900. The zero-order chi connectivity index (χ0) is 9.56. The lowest BCUT2D eigenvalue weighted by Crippen LogP contribution is -2.13. The predicted octanol–water partition coefficient (Wildman–Crippen LogP) is 0.838. The Morgan fingerprint density at radius 1 is 1.75 bits per heavy atom. The van der Waals surface area contributed by atoms with E-state index in [4.69, 9.17) is 5.11 Å². The van der Waals surface area contributed by atoms with Crippen molar-refractivity contribution >= 4 is 5.97 Å². The number of carboxylic acids is 1. The molecule has 0 rings (SSSR count). The summed E-state index contributed by atoms with van der Waals surface area (Å²) in [4.78, 5) is 24.0. The summed E-state index contributed by atoms with van der Waals surface area (Å²) >= 11 is 0. The molecule has 0 aromatic rings. The SMILES string of the molecule is C[C@@H](CCCC(=O)O)O[N+](=O)[O-]. The third-order valence-electron chi connectivity index (χ3n) is 1.27. The Morgan fingerprint density at radius 2 is 2.33 bits per heavy atom. The Bertz CT molecular complexity index is 169. The van der Waals surface area contributed by atoms with Gasteiger partial charge in [-0.1, -0.05) is 0 Å². The predicted molar refractivity (Wildman–Crippen MR) is 39.0 cm³/mol. The van der Waals surface area contributed by atoms with E-state index >= 15 is 0 Å². The maximum Gasteiger partial charge on any atom is 0.303 e. The summed E-state index contributed by atoms with van der Waals surface area (Å²) in [6.45, 7) is 1.53. The molecule has 0 aliphatic carbocycles. The van der Waals surface area contributed by atoms with E-state index in [-0.39, 0.29) is 6.42 Å². The molecule has 0 bridgehead atoms. The van der Waals surface area contributed by atoms with Crippen molar-refractivity contribution in [1.82, 2.24) is 0 Å². The molecule has 12 heavy (non-hydrogen) atoms. The van der Waals surface area contributed by atoms with Crippen LogP contribution in [0.1, 0.15) is 26.2 Å². The summed E-state index contributed by atoms with van der Waals surface area (Å²) in [5, 5.41) is 17.1. The molecule has 70 valence electrons. The number of hydrogen-bond acceptors (Lipinski definition) is 4. The van der Waals surface area contributed by atoms with Crippen LogP contribution in [0.5, 0.6) is 0 Å². The number of rotatable bonds is 6. The molecule has 0 unspecified atom stereocenters. The molecule has 6 nitrogen and oxygen atoms in total. The first-order chi connectivity index (χ1) is 5.52. The largest absolute Gasteiger partial charge is 0.481 e. The van der Waals surface area contributed by atoms with Crippen LogP contribution in [-0.2, 0) is 9.63 Å². The van der Waals surface area contributed by atoms with Gasteiger partial charge in [-0.3, -0.25) is 4.79 Å². The molecule has 0 saturated heterocycles. The summed E-state index contributed by atoms with van der Waals surface area (Å²) in [6.07, 6.45) is 0.266. The van der Waals surface area contributed by atoms with Crippen LogP contribution in [0.2, 0.25) is 0 Å². The summed E-state index contributed by atoms with van der Waals surface area (Å²) in [5.41, 5.74) is 0. The monoisotopic (exact) mass is 177 g/mol. The fourth-order valence-electron chi connectivity index (χ4n) is 0.740. The van der Waals surface area contributed by atoms with E-state index in [9.17, 15) is 14.9 Å². The molecule has 0 spiro atoms. The summed E-state index contributed by atoms with van der Waals surface area (Å²) < 4.78 is 0. The molecule has 0 heterocycles. The van der Waals surface area contributed by atoms with Crippen molar-refractivity contribution in [2.24, 2.45) is 0 Å². The highest BCUT2D eigenvalue weighted by molar-refractivity contribution is 5.66. The van der Waals surface area contributed by atoms with Crippen molar-refractivity contribution in [2.45, 2.75) is 32.3 Å². The fourth-order valence-corrected chi connectivity index (χ4v) is 0.740. The topological polar surface area (TPSA) is 89.7 Å². The smallest absolute Gasteiger partial charge is 0.303 e. The number of nitrogens with zero attached hydrogens (tertiary/aromatic N) is 1. The summed E-state index contributed by atoms with van der Waals surface area (Å²) in [6, 6.07) is 0. The van der Waals surface area contributed by atoms with E-state index in [0.29, 0.717) is 12.8 Å². The molecule has 0 fully saturated rings. The molecule has 0 amide bonds. The molecule has 0 aromatic carbocycles. The second-order valence-corrected chi connectivity index (χ2v) is 2.43. The van der Waals surface area contributed by atoms with Gasteiger partial charge in [0.1, 0.15) is 6.10 Å². The van der Waals surface area contributed by atoms with Gasteiger partial charge >= 0.3 is 5.97 Å². The van der Waals surface area contributed by atoms with Gasteiger partial charge in [-0.2, -0.15) is 0 Å². The minimum Gasteiger partial charge on any atom is -0.481 e. The van der Waals surface area contributed by atoms with E-state index in [2.05, 4.69) is 4.84 Å². The third kappa shape index (κ3) is 6.79. The van der Waals surface area contributed by atoms with Crippen molar-refractivity contribution in [3.8, 4) is 0 Å². The van der Waals surface area contributed by atoms with Crippen molar-refractivity contribution in [3.05, 3.63) is 10.1 Å². The summed E-state index contributed by atoms with van der Waals surface area (Å²) in [7, 11) is 0. The molecule has 1 atom stereocenters. The Hall–Kier alpha value is -1.33. The van der Waals surface area contributed by atoms with Gasteiger partial charge in [0.05, 0.1) is 0 Å². The number of aliphatic carboxylic acids is 1. The van der Waals surface area contributed by atoms with Crippen molar-refractivity contribution in [1.29, 1.82) is 0 Å². The van der Waals surface area contributed by atoms with Crippen LogP contribution in [-0.4, -0.2) is 22.3 Å². The molecule has 6 heteroatoms. The van der Waals surface area contributed by atoms with Crippen molar-refractivity contribution in [2.75, 3.05) is 0 Å². The average Bonchev–Trinajstić information content (AvgIpc) is 1.84. The Morgan fingerprint density at radius 3 is 2.75 bits per heavy atom. The Kier molecular flexibility index (Phi) is 4.75. The second-order valence-electron chi connectivity index (χ2n) is 2.43. The minimum absolute atomic E-state index is 0.0193. The first-order valence-corrected chi connectivity index (χ1v) is 3.55. The quantitative estimate of drug-likeness (QED) is 0.479. The van der Waals surface area contributed by atoms with Gasteiger partial charge in [-0.25, -0.2) is 0 Å². The van der Waals surface area contributed by atoms with Gasteiger partial charge in [0, 0.05) is 6.42 Å². The highest BCUT2D eigenvalue weighted by atomic mass is 17.0. The number of hydrogen-bond donors (Lipinski definition) is 1. The van der Waals surface area contributed by atoms with E-state index in [1.165, 1.54) is 6.92 Å². The van der Waals surface area contributed by atoms with E-state index in [1.807, 2.05) is 0 Å². The molecule has 0 aromatic heterocycles. The van der Waals surface area contributed by atoms with Crippen LogP contribution in [0.4, 0.5) is 0 Å². The van der Waals surface area contributed by atoms with Gasteiger partial charge in [-0.05, 0) is 19.8 Å². The van der Waals surface area contributed by atoms with Crippen molar-refractivity contribution < 1.29 is 19.8 Å². The lowest BCUT2D eigenvalue weighted by Gasteiger charge is -2.06. The molecular formula is C6H11NO5. The van der Waals surface area contributed by atoms with Crippen LogP contribution in [0, 0.1) is 10.1 Å². The average molecular weight is 177 g/mol. The third-order valence-corrected chi connectivity index (χ3v) is 1.27. The molecule has 0 aliphatic heterocycles. The highest BCUT2D eigenvalue weighted by Gasteiger charge is 2.07. The molecule has 0 aliphatic rings. The van der Waals surface area contributed by atoms with Gasteiger partial charge in [0.25, 0.3) is 5.09 Å². The van der Waals surface area contributed by atoms with E-state index < -0.39 is 17.2 Å². The van der Waals surface area contributed by atoms with Crippen LogP contribution < -0.4 is 0 Å². The van der Waals surface area contributed by atoms with Gasteiger partial charge in [0.15, 0.2) is 0 Å². The zero-order valence-corrected chi connectivity index (χ0v) is 6.73. The first kappa shape index (κ1) is 10.7. The molecular weight excluding hydrogens is 166 g/mol. The molecule has 1 N–H and O–H groups in total. The maximum atomic E-state index is 10.0. The second kappa shape index (κ2) is 5.34. The fraction of sp³-hybridized carbons (Fsp3) is 0.833. The van der Waals surface area contributed by atoms with E-state index in [0.717, 1.165) is 0 Å². The number of carboxylic acid groups (broad SMARTS) is 1.